The number of ether oxygens (including phenoxy) is 3. The Hall–Kier alpha value is -5.61. The Labute approximate surface area is 347 Å². The van der Waals surface area contributed by atoms with Gasteiger partial charge >= 0.3 is 18.0 Å². The van der Waals surface area contributed by atoms with Crippen LogP contribution in [0, 0.1) is 28.6 Å². The molecule has 1 amide bonds. The van der Waals surface area contributed by atoms with Gasteiger partial charge in [-0.15, -0.1) is 0 Å². The molecule has 306 valence electrons. The summed E-state index contributed by atoms with van der Waals surface area (Å²) < 4.78 is 22.2. The normalized spacial score (nSPS) is 12.8. The summed E-state index contributed by atoms with van der Waals surface area (Å²) in [6.45, 7) is 10.2. The van der Waals surface area contributed by atoms with Crippen molar-refractivity contribution in [3.05, 3.63) is 82.2 Å². The van der Waals surface area contributed by atoms with E-state index >= 15 is 0 Å². The van der Waals surface area contributed by atoms with Crippen LogP contribution in [0.5, 0.6) is 0 Å². The highest BCUT2D eigenvalue weighted by molar-refractivity contribution is 7.98. The molecule has 0 aliphatic heterocycles. The molecular weight excluding hydrogens is 782 g/mol. The van der Waals surface area contributed by atoms with Gasteiger partial charge in [0.2, 0.25) is 5.89 Å². The number of halogens is 1. The van der Waals surface area contributed by atoms with Crippen LogP contribution in [-0.2, 0) is 36.0 Å². The molecular formula is C42H48ClN7O7S. The lowest BCUT2D eigenvalue weighted by Gasteiger charge is -2.24. The first-order valence-electron chi connectivity index (χ1n) is 18.6. The quantitative estimate of drug-likeness (QED) is 0.0531. The van der Waals surface area contributed by atoms with Gasteiger partial charge in [0, 0.05) is 21.9 Å². The Bertz CT molecular complexity index is 2140. The van der Waals surface area contributed by atoms with Crippen molar-refractivity contribution in [2.24, 2.45) is 5.92 Å². The Morgan fingerprint density at radius 3 is 2.22 bits per heavy atom. The average Bonchev–Trinajstić information content (AvgIpc) is 3.64. The number of nitrogens with two attached hydrogens (primary N) is 1. The average molecular weight is 830 g/mol. The fraction of sp³-hybridized carbons (Fsp3) is 0.405. The van der Waals surface area contributed by atoms with Crippen molar-refractivity contribution >= 4 is 47.2 Å². The molecule has 2 aromatic carbocycles. The van der Waals surface area contributed by atoms with Gasteiger partial charge in [0.15, 0.2) is 0 Å². The number of benzene rings is 2. The van der Waals surface area contributed by atoms with Crippen LogP contribution in [-0.4, -0.2) is 65.4 Å². The molecule has 0 saturated carbocycles. The van der Waals surface area contributed by atoms with Gasteiger partial charge in [0.25, 0.3) is 0 Å². The van der Waals surface area contributed by atoms with E-state index in [1.54, 1.807) is 52.1 Å². The highest BCUT2D eigenvalue weighted by Gasteiger charge is 2.27. The number of nitriles is 2. The zero-order valence-electron chi connectivity index (χ0n) is 33.6. The smallest absolute Gasteiger partial charge is 0.408 e. The number of likely N-dealkylation sites (N-methyl/N-ethyl adjacent to an activating group) is 1. The number of thioether (sulfide) groups is 1. The number of oxazole rings is 1. The van der Waals surface area contributed by atoms with E-state index in [4.69, 9.17) is 36.0 Å². The molecule has 0 radical (unpaired) electrons. The van der Waals surface area contributed by atoms with Gasteiger partial charge in [-0.3, -0.25) is 4.79 Å². The molecule has 14 nitrogen and oxygen atoms in total. The number of anilines is 1. The van der Waals surface area contributed by atoms with Gasteiger partial charge in [-0.05, 0) is 95.3 Å². The highest BCUT2D eigenvalue weighted by atomic mass is 35.5. The molecule has 0 aliphatic rings. The van der Waals surface area contributed by atoms with Crippen molar-refractivity contribution in [2.75, 3.05) is 19.4 Å². The number of aromatic nitrogens is 2. The van der Waals surface area contributed by atoms with Crippen LogP contribution >= 0.6 is 23.4 Å². The van der Waals surface area contributed by atoms with Gasteiger partial charge in [-0.1, -0.05) is 61.5 Å². The number of nitrogens with one attached hydrogen (secondary N) is 2. The molecule has 0 saturated heterocycles. The molecule has 4 aromatic rings. The monoisotopic (exact) mass is 829 g/mol. The van der Waals surface area contributed by atoms with Crippen LogP contribution in [0.2, 0.25) is 5.02 Å². The highest BCUT2D eigenvalue weighted by Crippen LogP contribution is 2.37. The van der Waals surface area contributed by atoms with Gasteiger partial charge in [0.1, 0.15) is 65.2 Å². The number of amides is 1. The zero-order valence-corrected chi connectivity index (χ0v) is 35.1. The first-order chi connectivity index (χ1) is 27.5. The minimum atomic E-state index is -1.02. The molecule has 3 atom stereocenters. The molecule has 0 bridgehead atoms. The number of esters is 2. The first kappa shape index (κ1) is 45.1. The van der Waals surface area contributed by atoms with Crippen molar-refractivity contribution in [3.63, 3.8) is 0 Å². The summed E-state index contributed by atoms with van der Waals surface area (Å²) in [5.74, 6) is -0.461. The topological polar surface area (TPSA) is 215 Å². The van der Waals surface area contributed by atoms with Crippen LogP contribution < -0.4 is 16.4 Å². The van der Waals surface area contributed by atoms with Crippen molar-refractivity contribution in [3.8, 4) is 34.7 Å². The van der Waals surface area contributed by atoms with E-state index in [0.717, 1.165) is 11.1 Å². The molecule has 58 heavy (non-hydrogen) atoms. The summed E-state index contributed by atoms with van der Waals surface area (Å²) in [7, 11) is 1.67. The Morgan fingerprint density at radius 2 is 1.62 bits per heavy atom. The number of nitrogen functional groups attached to an aromatic ring is 1. The Balaban J connectivity index is 1.46. The largest absolute Gasteiger partial charge is 0.461 e. The lowest BCUT2D eigenvalue weighted by Crippen LogP contribution is -2.44. The summed E-state index contributed by atoms with van der Waals surface area (Å²) in [6.07, 6.45) is 1.42. The Kier molecular flexibility index (Phi) is 16.1. The summed E-state index contributed by atoms with van der Waals surface area (Å²) in [5, 5.41) is 26.7. The van der Waals surface area contributed by atoms with Gasteiger partial charge in [0.05, 0.1) is 11.3 Å². The van der Waals surface area contributed by atoms with Crippen LogP contribution in [0.4, 0.5) is 10.6 Å². The van der Waals surface area contributed by atoms with Crippen molar-refractivity contribution in [2.45, 2.75) is 95.4 Å². The van der Waals surface area contributed by atoms with E-state index in [-0.39, 0.29) is 29.5 Å². The summed E-state index contributed by atoms with van der Waals surface area (Å²) in [5.41, 5.74) is 9.09. The maximum atomic E-state index is 13.0. The third-order valence-electron chi connectivity index (χ3n) is 8.66. The predicted octanol–water partition coefficient (Wildman–Crippen LogP) is 7.61. The van der Waals surface area contributed by atoms with E-state index in [1.165, 1.54) is 24.9 Å². The fourth-order valence-corrected chi connectivity index (χ4v) is 6.78. The van der Waals surface area contributed by atoms with Crippen LogP contribution in [0.25, 0.3) is 22.6 Å². The number of alkyl carbamates (subject to hydrolysis) is 1. The molecule has 2 heterocycles. The van der Waals surface area contributed by atoms with Gasteiger partial charge in [-0.2, -0.15) is 10.5 Å². The number of hydrogen-bond donors (Lipinski definition) is 3. The van der Waals surface area contributed by atoms with Crippen LogP contribution in [0.1, 0.15) is 76.8 Å². The minimum Gasteiger partial charge on any atom is -0.461 e. The molecule has 16 heteroatoms. The number of aryl methyl sites for hydroxylation is 1. The summed E-state index contributed by atoms with van der Waals surface area (Å²) in [6, 6.07) is 17.2. The van der Waals surface area contributed by atoms with Crippen LogP contribution in [0.3, 0.4) is 0 Å². The first-order valence-corrected chi connectivity index (χ1v) is 20.0. The van der Waals surface area contributed by atoms with E-state index in [1.807, 2.05) is 38.1 Å². The number of rotatable bonds is 17. The molecule has 0 fully saturated rings. The second kappa shape index (κ2) is 20.7. The van der Waals surface area contributed by atoms with E-state index in [0.29, 0.717) is 57.8 Å². The SMILES string of the molecule is CNC(C(=O)OCC(CCCc1ccc(-c2c(C#N)c(N)nc(SCc3coc(-c4ccc(Cl)cc4)n3)c2C#N)cc1)OC(=O)C(C)NC(=O)OC(C)(C)C)C(C)C. The van der Waals surface area contributed by atoms with E-state index < -0.39 is 41.8 Å². The van der Waals surface area contributed by atoms with Crippen molar-refractivity contribution in [1.29, 1.82) is 10.5 Å². The molecule has 3 unspecified atom stereocenters. The molecule has 2 aromatic heterocycles. The zero-order chi connectivity index (χ0) is 42.6. The van der Waals surface area contributed by atoms with E-state index in [2.05, 4.69) is 32.7 Å². The standard InChI is InChI=1S/C42H48ClN7O7S/c1-24(2)35(47-7)40(52)55-22-31(56-39(51)25(3)48-41(53)57-42(4,5)6)10-8-9-26-11-13-27(14-12-26)34-32(19-44)36(46)50-38(33(34)20-45)58-23-30-21-54-37(49-30)28-15-17-29(43)18-16-28/h11-18,21,24-25,31,35,47H,8-10,22-23H2,1-7H3,(H2,46,50)(H,48,53). The number of pyridine rings is 1. The third-order valence-corrected chi connectivity index (χ3v) is 9.92. The van der Waals surface area contributed by atoms with Gasteiger partial charge in [-0.25, -0.2) is 19.6 Å². The maximum Gasteiger partial charge on any atom is 0.408 e. The second-order valence-electron chi connectivity index (χ2n) is 14.7. The third kappa shape index (κ3) is 12.7. The summed E-state index contributed by atoms with van der Waals surface area (Å²) >= 11 is 7.25. The molecule has 0 aliphatic carbocycles. The van der Waals surface area contributed by atoms with Crippen molar-refractivity contribution < 1.29 is 33.0 Å². The summed E-state index contributed by atoms with van der Waals surface area (Å²) in [4.78, 5) is 47.0. The lowest BCUT2D eigenvalue weighted by atomic mass is 9.95. The molecule has 4 N–H and O–H groups in total. The van der Waals surface area contributed by atoms with Crippen LogP contribution in [0.15, 0.2) is 64.2 Å². The number of nitrogens with zero attached hydrogens (tertiary/aromatic N) is 4. The molecule has 4 rings (SSSR count). The number of carbonyl (C=O) groups is 3. The van der Waals surface area contributed by atoms with Gasteiger partial charge < -0.3 is 35.0 Å². The van der Waals surface area contributed by atoms with Crippen molar-refractivity contribution in [1.82, 2.24) is 20.6 Å². The maximum absolute atomic E-state index is 13.0. The number of hydrogen-bond acceptors (Lipinski definition) is 14. The molecule has 0 spiro atoms. The lowest BCUT2D eigenvalue weighted by molar-refractivity contribution is -0.162. The minimum absolute atomic E-state index is 0.00332. The van der Waals surface area contributed by atoms with E-state index in [9.17, 15) is 24.9 Å². The second-order valence-corrected chi connectivity index (χ2v) is 16.1. The number of carbonyl (C=O) groups excluding carboxylic acids is 3. The fourth-order valence-electron chi connectivity index (χ4n) is 5.78. The predicted molar refractivity (Wildman–Crippen MR) is 220 cm³/mol. The Morgan fingerprint density at radius 1 is 0.966 bits per heavy atom.